The largest absolute Gasteiger partial charge is 0.483 e. The predicted molar refractivity (Wildman–Crippen MR) is 111 cm³/mol. The Morgan fingerprint density at radius 3 is 2.52 bits per heavy atom. The Morgan fingerprint density at radius 2 is 1.87 bits per heavy atom. The van der Waals surface area contributed by atoms with E-state index < -0.39 is 5.43 Å². The Balaban J connectivity index is 1.58. The third kappa shape index (κ3) is 5.84. The van der Waals surface area contributed by atoms with E-state index in [2.05, 4.69) is 5.32 Å². The third-order valence-electron chi connectivity index (χ3n) is 5.10. The highest BCUT2D eigenvalue weighted by Crippen LogP contribution is 2.14. The molecule has 8 nitrogen and oxygen atoms in total. The van der Waals surface area contributed by atoms with Crippen LogP contribution in [0.3, 0.4) is 0 Å². The second-order valence-electron chi connectivity index (χ2n) is 7.35. The van der Waals surface area contributed by atoms with Gasteiger partial charge in [0.2, 0.25) is 5.43 Å². The van der Waals surface area contributed by atoms with Gasteiger partial charge in [-0.3, -0.25) is 9.59 Å². The van der Waals surface area contributed by atoms with E-state index in [1.54, 1.807) is 31.0 Å². The number of aromatic nitrogens is 1. The lowest BCUT2D eigenvalue weighted by Crippen LogP contribution is -2.47. The SMILES string of the molecule is CCOC(=O)N1CCC(NC(=O)c2cc(=O)c(OCc3ccc(F)cc3)cn2C)CC1. The maximum Gasteiger partial charge on any atom is 0.409 e. The molecule has 31 heavy (non-hydrogen) atoms. The molecule has 166 valence electrons. The standard InChI is InChI=1S/C22H26FN3O5/c1-3-30-22(29)26-10-8-17(9-11-26)24-21(28)18-12-19(27)20(13-25(18)2)31-14-15-4-6-16(23)7-5-15/h4-7,12-13,17H,3,8-11,14H2,1-2H3,(H,24,28). The van der Waals surface area contributed by atoms with Crippen molar-refractivity contribution in [2.45, 2.75) is 32.4 Å². The number of benzene rings is 1. The number of halogens is 1. The van der Waals surface area contributed by atoms with Gasteiger partial charge >= 0.3 is 6.09 Å². The number of amides is 2. The first-order valence-electron chi connectivity index (χ1n) is 10.2. The first kappa shape index (κ1) is 22.3. The molecule has 0 radical (unpaired) electrons. The van der Waals surface area contributed by atoms with Gasteiger partial charge in [0.25, 0.3) is 5.91 Å². The topological polar surface area (TPSA) is 89.9 Å². The zero-order chi connectivity index (χ0) is 22.4. The summed E-state index contributed by atoms with van der Waals surface area (Å²) in [7, 11) is 1.66. The molecule has 1 aromatic heterocycles. The number of hydrogen-bond donors (Lipinski definition) is 1. The summed E-state index contributed by atoms with van der Waals surface area (Å²) in [6.07, 6.45) is 2.34. The van der Waals surface area contributed by atoms with Gasteiger partial charge in [0.05, 0.1) is 12.8 Å². The van der Waals surface area contributed by atoms with Crippen molar-refractivity contribution in [1.82, 2.24) is 14.8 Å². The van der Waals surface area contributed by atoms with Crippen LogP contribution in [0, 0.1) is 5.82 Å². The van der Waals surface area contributed by atoms with Crippen LogP contribution in [0.1, 0.15) is 35.8 Å². The number of carbonyl (C=O) groups is 2. The quantitative estimate of drug-likeness (QED) is 0.759. The maximum atomic E-state index is 13.0. The number of nitrogens with zero attached hydrogens (tertiary/aromatic N) is 2. The van der Waals surface area contributed by atoms with Crippen LogP contribution in [0.15, 0.2) is 41.3 Å². The lowest BCUT2D eigenvalue weighted by molar-refractivity contribution is 0.0854. The highest BCUT2D eigenvalue weighted by atomic mass is 19.1. The number of nitrogens with one attached hydrogen (secondary N) is 1. The Kier molecular flexibility index (Phi) is 7.28. The lowest BCUT2D eigenvalue weighted by atomic mass is 10.1. The molecule has 1 aliphatic rings. The van der Waals surface area contributed by atoms with Crippen molar-refractivity contribution in [3.8, 4) is 5.75 Å². The molecule has 0 aliphatic carbocycles. The van der Waals surface area contributed by atoms with Gasteiger partial charge in [-0.15, -0.1) is 0 Å². The van der Waals surface area contributed by atoms with E-state index in [1.165, 1.54) is 29.0 Å². The Bertz CT molecular complexity index is 982. The molecular formula is C22H26FN3O5. The first-order valence-corrected chi connectivity index (χ1v) is 10.2. The minimum absolute atomic E-state index is 0.0947. The highest BCUT2D eigenvalue weighted by molar-refractivity contribution is 5.92. The van der Waals surface area contributed by atoms with E-state index in [9.17, 15) is 18.8 Å². The summed E-state index contributed by atoms with van der Waals surface area (Å²) in [5, 5.41) is 2.92. The van der Waals surface area contributed by atoms with Crippen molar-refractivity contribution in [2.75, 3.05) is 19.7 Å². The number of pyridine rings is 1. The van der Waals surface area contributed by atoms with Crippen LogP contribution >= 0.6 is 0 Å². The zero-order valence-electron chi connectivity index (χ0n) is 17.6. The third-order valence-corrected chi connectivity index (χ3v) is 5.10. The van der Waals surface area contributed by atoms with E-state index in [1.807, 2.05) is 0 Å². The van der Waals surface area contributed by atoms with Gasteiger partial charge in [0, 0.05) is 32.2 Å². The molecule has 1 aliphatic heterocycles. The zero-order valence-corrected chi connectivity index (χ0v) is 17.6. The van der Waals surface area contributed by atoms with Crippen molar-refractivity contribution in [3.05, 3.63) is 63.8 Å². The number of piperidine rings is 1. The lowest BCUT2D eigenvalue weighted by Gasteiger charge is -2.31. The fraction of sp³-hybridized carbons (Fsp3) is 0.409. The van der Waals surface area contributed by atoms with Crippen LogP contribution in [0.5, 0.6) is 5.75 Å². The molecule has 0 atom stereocenters. The van der Waals surface area contributed by atoms with Gasteiger partial charge in [0.15, 0.2) is 5.75 Å². The summed E-state index contributed by atoms with van der Waals surface area (Å²) in [5.41, 5.74) is 0.522. The number of rotatable bonds is 6. The van der Waals surface area contributed by atoms with Gasteiger partial charge in [-0.25, -0.2) is 9.18 Å². The van der Waals surface area contributed by atoms with Crippen LogP contribution in [-0.2, 0) is 18.4 Å². The minimum atomic E-state index is -0.414. The van der Waals surface area contributed by atoms with Gasteiger partial charge < -0.3 is 24.3 Å². The highest BCUT2D eigenvalue weighted by Gasteiger charge is 2.25. The minimum Gasteiger partial charge on any atom is -0.483 e. The number of ether oxygens (including phenoxy) is 2. The van der Waals surface area contributed by atoms with E-state index in [-0.39, 0.29) is 41.9 Å². The second-order valence-corrected chi connectivity index (χ2v) is 7.35. The summed E-state index contributed by atoms with van der Waals surface area (Å²) < 4.78 is 25.1. The van der Waals surface area contributed by atoms with Gasteiger partial charge in [0.1, 0.15) is 18.1 Å². The molecule has 0 bridgehead atoms. The molecule has 2 amide bonds. The molecule has 1 saturated heterocycles. The molecule has 1 aromatic carbocycles. The van der Waals surface area contributed by atoms with Crippen LogP contribution in [0.25, 0.3) is 0 Å². The van der Waals surface area contributed by atoms with Crippen molar-refractivity contribution in [2.24, 2.45) is 7.05 Å². The molecule has 0 unspecified atom stereocenters. The molecule has 0 saturated carbocycles. The molecule has 1 fully saturated rings. The Hall–Kier alpha value is -3.36. The van der Waals surface area contributed by atoms with E-state index in [0.717, 1.165) is 5.56 Å². The number of aryl methyl sites for hydroxylation is 1. The monoisotopic (exact) mass is 431 g/mol. The van der Waals surface area contributed by atoms with Crippen molar-refractivity contribution in [1.29, 1.82) is 0 Å². The summed E-state index contributed by atoms with van der Waals surface area (Å²) in [6.45, 7) is 3.19. The van der Waals surface area contributed by atoms with E-state index in [4.69, 9.17) is 9.47 Å². The number of hydrogen-bond acceptors (Lipinski definition) is 5. The average Bonchev–Trinajstić information content (AvgIpc) is 2.75. The summed E-state index contributed by atoms with van der Waals surface area (Å²) >= 11 is 0. The smallest absolute Gasteiger partial charge is 0.409 e. The van der Waals surface area contributed by atoms with Crippen LogP contribution in [-0.4, -0.2) is 47.2 Å². The predicted octanol–water partition coefficient (Wildman–Crippen LogP) is 2.45. The summed E-state index contributed by atoms with van der Waals surface area (Å²) in [5.74, 6) is -0.605. The Morgan fingerprint density at radius 1 is 1.19 bits per heavy atom. The fourth-order valence-electron chi connectivity index (χ4n) is 3.36. The average molecular weight is 431 g/mol. The van der Waals surface area contributed by atoms with Gasteiger partial charge in [-0.1, -0.05) is 12.1 Å². The van der Waals surface area contributed by atoms with Crippen molar-refractivity contribution in [3.63, 3.8) is 0 Å². The summed E-state index contributed by atoms with van der Waals surface area (Å²) in [6, 6.07) is 6.94. The number of carbonyl (C=O) groups excluding carboxylic acids is 2. The molecule has 2 heterocycles. The van der Waals surface area contributed by atoms with E-state index in [0.29, 0.717) is 32.5 Å². The van der Waals surface area contributed by atoms with Gasteiger partial charge in [-0.05, 0) is 37.5 Å². The molecule has 9 heteroatoms. The molecular weight excluding hydrogens is 405 g/mol. The van der Waals surface area contributed by atoms with Gasteiger partial charge in [-0.2, -0.15) is 0 Å². The van der Waals surface area contributed by atoms with E-state index >= 15 is 0 Å². The van der Waals surface area contributed by atoms with Crippen molar-refractivity contribution >= 4 is 12.0 Å². The van der Waals surface area contributed by atoms with Crippen LogP contribution < -0.4 is 15.5 Å². The van der Waals surface area contributed by atoms with Crippen LogP contribution in [0.2, 0.25) is 0 Å². The fourth-order valence-corrected chi connectivity index (χ4v) is 3.36. The number of likely N-dealkylation sites (tertiary alicyclic amines) is 1. The molecule has 2 aromatic rings. The maximum absolute atomic E-state index is 13.0. The molecule has 0 spiro atoms. The molecule has 3 rings (SSSR count). The normalized spacial score (nSPS) is 14.2. The van der Waals surface area contributed by atoms with Crippen LogP contribution in [0.4, 0.5) is 9.18 Å². The summed E-state index contributed by atoms with van der Waals surface area (Å²) in [4.78, 5) is 38.5. The van der Waals surface area contributed by atoms with Crippen molar-refractivity contribution < 1.29 is 23.5 Å². The first-order chi connectivity index (χ1) is 14.9. The molecule has 1 N–H and O–H groups in total. The second kappa shape index (κ2) is 10.1. The Labute approximate surface area is 179 Å².